The van der Waals surface area contributed by atoms with E-state index in [4.69, 9.17) is 0 Å². The fraction of sp³-hybridized carbons (Fsp3) is 0.333. The van der Waals surface area contributed by atoms with Crippen molar-refractivity contribution < 1.29 is 0 Å². The van der Waals surface area contributed by atoms with Gasteiger partial charge in [0.05, 0.1) is 0 Å². The zero-order valence-corrected chi connectivity index (χ0v) is 15.2. The average molecular weight is 396 g/mol. The SMILES string of the molecule is Cc1ccc(CC(CBr)Cc2cccc(Br)c2)cc1C. The molecule has 0 saturated carbocycles. The van der Waals surface area contributed by atoms with Gasteiger partial charge in [0.15, 0.2) is 0 Å². The second-order valence-electron chi connectivity index (χ2n) is 5.48. The summed E-state index contributed by atoms with van der Waals surface area (Å²) in [7, 11) is 0. The van der Waals surface area contributed by atoms with E-state index in [0.29, 0.717) is 5.92 Å². The predicted molar refractivity (Wildman–Crippen MR) is 94.8 cm³/mol. The molecule has 1 unspecified atom stereocenters. The lowest BCUT2D eigenvalue weighted by Crippen LogP contribution is -2.10. The van der Waals surface area contributed by atoms with Gasteiger partial charge in [-0.1, -0.05) is 62.2 Å². The molecular weight excluding hydrogens is 376 g/mol. The molecule has 0 aliphatic carbocycles. The van der Waals surface area contributed by atoms with E-state index in [0.717, 1.165) is 22.6 Å². The van der Waals surface area contributed by atoms with Gasteiger partial charge in [-0.25, -0.2) is 0 Å². The normalized spacial score (nSPS) is 12.4. The van der Waals surface area contributed by atoms with Crippen LogP contribution in [0, 0.1) is 19.8 Å². The Morgan fingerprint density at radius 1 is 0.900 bits per heavy atom. The Labute approximate surface area is 138 Å². The predicted octanol–water partition coefficient (Wildman–Crippen LogP) is 5.86. The molecular formula is C18H20Br2. The summed E-state index contributed by atoms with van der Waals surface area (Å²) in [5, 5.41) is 1.03. The van der Waals surface area contributed by atoms with Gasteiger partial charge < -0.3 is 0 Å². The molecule has 2 rings (SSSR count). The third-order valence-corrected chi connectivity index (χ3v) is 5.14. The molecule has 0 heterocycles. The molecule has 106 valence electrons. The van der Waals surface area contributed by atoms with Crippen LogP contribution < -0.4 is 0 Å². The highest BCUT2D eigenvalue weighted by atomic mass is 79.9. The summed E-state index contributed by atoms with van der Waals surface area (Å²) in [6, 6.07) is 15.4. The molecule has 0 nitrogen and oxygen atoms in total. The van der Waals surface area contributed by atoms with Gasteiger partial charge in [0.25, 0.3) is 0 Å². The molecule has 0 fully saturated rings. The Kier molecular flexibility index (Phi) is 5.86. The van der Waals surface area contributed by atoms with E-state index in [2.05, 4.69) is 88.2 Å². The van der Waals surface area contributed by atoms with Crippen molar-refractivity contribution in [2.45, 2.75) is 26.7 Å². The van der Waals surface area contributed by atoms with Crippen molar-refractivity contribution in [3.8, 4) is 0 Å². The van der Waals surface area contributed by atoms with Crippen molar-refractivity contribution in [1.29, 1.82) is 0 Å². The van der Waals surface area contributed by atoms with Gasteiger partial charge in [-0.05, 0) is 67.0 Å². The van der Waals surface area contributed by atoms with Crippen molar-refractivity contribution >= 4 is 31.9 Å². The van der Waals surface area contributed by atoms with Crippen molar-refractivity contribution in [2.24, 2.45) is 5.92 Å². The number of halogens is 2. The highest BCUT2D eigenvalue weighted by Crippen LogP contribution is 2.21. The van der Waals surface area contributed by atoms with Gasteiger partial charge in [-0.3, -0.25) is 0 Å². The molecule has 20 heavy (non-hydrogen) atoms. The molecule has 0 aromatic heterocycles. The minimum absolute atomic E-state index is 0.631. The average Bonchev–Trinajstić information content (AvgIpc) is 2.42. The van der Waals surface area contributed by atoms with Gasteiger partial charge in [0.2, 0.25) is 0 Å². The summed E-state index contributed by atoms with van der Waals surface area (Å²) < 4.78 is 1.16. The van der Waals surface area contributed by atoms with Crippen LogP contribution in [-0.4, -0.2) is 5.33 Å². The van der Waals surface area contributed by atoms with Crippen molar-refractivity contribution in [3.05, 3.63) is 69.2 Å². The molecule has 0 aliphatic heterocycles. The first kappa shape index (κ1) is 15.8. The van der Waals surface area contributed by atoms with E-state index < -0.39 is 0 Å². The van der Waals surface area contributed by atoms with Crippen LogP contribution >= 0.6 is 31.9 Å². The van der Waals surface area contributed by atoms with Crippen molar-refractivity contribution in [2.75, 3.05) is 5.33 Å². The molecule has 2 aromatic rings. The second kappa shape index (κ2) is 7.42. The van der Waals surface area contributed by atoms with Gasteiger partial charge in [0.1, 0.15) is 0 Å². The van der Waals surface area contributed by atoms with Crippen molar-refractivity contribution in [3.63, 3.8) is 0 Å². The smallest absolute Gasteiger partial charge is 0.0177 e. The molecule has 2 heteroatoms. The van der Waals surface area contributed by atoms with E-state index in [1.54, 1.807) is 0 Å². The maximum Gasteiger partial charge on any atom is 0.0177 e. The quantitative estimate of drug-likeness (QED) is 0.556. The Morgan fingerprint density at radius 3 is 2.20 bits per heavy atom. The number of rotatable bonds is 5. The van der Waals surface area contributed by atoms with Gasteiger partial charge in [0, 0.05) is 9.80 Å². The molecule has 1 atom stereocenters. The Bertz CT molecular complexity index is 575. The molecule has 0 radical (unpaired) electrons. The molecule has 0 bridgehead atoms. The Balaban J connectivity index is 2.07. The largest absolute Gasteiger partial charge is 0.0925 e. The van der Waals surface area contributed by atoms with Crippen LogP contribution in [0.3, 0.4) is 0 Å². The Hall–Kier alpha value is -0.600. The summed E-state index contributed by atoms with van der Waals surface area (Å²) in [5.41, 5.74) is 5.59. The van der Waals surface area contributed by atoms with E-state index in [1.165, 1.54) is 22.3 Å². The van der Waals surface area contributed by atoms with Crippen LogP contribution in [0.2, 0.25) is 0 Å². The molecule has 0 N–H and O–H groups in total. The molecule has 0 spiro atoms. The molecule has 0 saturated heterocycles. The van der Waals surface area contributed by atoms with Crippen LogP contribution in [0.5, 0.6) is 0 Å². The highest BCUT2D eigenvalue weighted by molar-refractivity contribution is 9.10. The van der Waals surface area contributed by atoms with E-state index in [-0.39, 0.29) is 0 Å². The maximum absolute atomic E-state index is 3.67. The van der Waals surface area contributed by atoms with E-state index in [1.807, 2.05) is 0 Å². The van der Waals surface area contributed by atoms with Crippen molar-refractivity contribution in [1.82, 2.24) is 0 Å². The number of hydrogen-bond donors (Lipinski definition) is 0. The summed E-state index contributed by atoms with van der Waals surface area (Å²) in [4.78, 5) is 0. The first-order valence-corrected chi connectivity index (χ1v) is 8.86. The number of aryl methyl sites for hydroxylation is 2. The zero-order chi connectivity index (χ0) is 14.5. The minimum Gasteiger partial charge on any atom is -0.0925 e. The third-order valence-electron chi connectivity index (χ3n) is 3.73. The summed E-state index contributed by atoms with van der Waals surface area (Å²) in [6.07, 6.45) is 2.23. The van der Waals surface area contributed by atoms with Gasteiger partial charge >= 0.3 is 0 Å². The lowest BCUT2D eigenvalue weighted by atomic mass is 9.93. The second-order valence-corrected chi connectivity index (χ2v) is 7.04. The van der Waals surface area contributed by atoms with Crippen LogP contribution in [0.25, 0.3) is 0 Å². The fourth-order valence-electron chi connectivity index (χ4n) is 2.44. The Morgan fingerprint density at radius 2 is 1.60 bits per heavy atom. The van der Waals surface area contributed by atoms with Crippen LogP contribution in [0.4, 0.5) is 0 Å². The topological polar surface area (TPSA) is 0 Å². The zero-order valence-electron chi connectivity index (χ0n) is 12.0. The third kappa shape index (κ3) is 4.46. The molecule has 0 amide bonds. The lowest BCUT2D eigenvalue weighted by molar-refractivity contribution is 0.591. The highest BCUT2D eigenvalue weighted by Gasteiger charge is 2.10. The van der Waals surface area contributed by atoms with Gasteiger partial charge in [-0.2, -0.15) is 0 Å². The van der Waals surface area contributed by atoms with E-state index in [9.17, 15) is 0 Å². The van der Waals surface area contributed by atoms with Crippen LogP contribution in [-0.2, 0) is 12.8 Å². The van der Waals surface area contributed by atoms with E-state index >= 15 is 0 Å². The fourth-order valence-corrected chi connectivity index (χ4v) is 3.35. The van der Waals surface area contributed by atoms with Crippen LogP contribution in [0.15, 0.2) is 46.9 Å². The first-order chi connectivity index (χ1) is 9.58. The summed E-state index contributed by atoms with van der Waals surface area (Å²) >= 11 is 7.22. The maximum atomic E-state index is 3.67. The standard InChI is InChI=1S/C18H20Br2/c1-13-6-7-16(8-14(13)2)10-17(12-19)9-15-4-3-5-18(20)11-15/h3-8,11,17H,9-10,12H2,1-2H3. The molecule has 2 aromatic carbocycles. The number of hydrogen-bond acceptors (Lipinski definition) is 0. The summed E-state index contributed by atoms with van der Waals surface area (Å²) in [5.74, 6) is 0.631. The number of alkyl halides is 1. The van der Waals surface area contributed by atoms with Crippen LogP contribution in [0.1, 0.15) is 22.3 Å². The molecule has 0 aliphatic rings. The van der Waals surface area contributed by atoms with Gasteiger partial charge in [-0.15, -0.1) is 0 Å². The summed E-state index contributed by atoms with van der Waals surface area (Å²) in [6.45, 7) is 4.36. The lowest BCUT2D eigenvalue weighted by Gasteiger charge is -2.15. The monoisotopic (exact) mass is 394 g/mol. The first-order valence-electron chi connectivity index (χ1n) is 6.95. The number of benzene rings is 2. The minimum atomic E-state index is 0.631.